The SMILES string of the molecule is C#Cc1cccc(-c2ccc(C3(OCC(=C)Nc4cc(C)cc(C)c4)CCNCC3)cc2)c1. The number of rotatable bonds is 7. The zero-order valence-electron chi connectivity index (χ0n) is 19.6. The van der Waals surface area contributed by atoms with E-state index in [0.29, 0.717) is 6.61 Å². The van der Waals surface area contributed by atoms with E-state index in [0.717, 1.165) is 54.0 Å². The lowest BCUT2D eigenvalue weighted by atomic mass is 9.84. The number of benzene rings is 3. The molecule has 3 aromatic rings. The Hall–Kier alpha value is -3.32. The fourth-order valence-electron chi connectivity index (χ4n) is 4.61. The van der Waals surface area contributed by atoms with Gasteiger partial charge in [-0.3, -0.25) is 0 Å². The van der Waals surface area contributed by atoms with Crippen LogP contribution in [0.3, 0.4) is 0 Å². The minimum Gasteiger partial charge on any atom is -0.364 e. The van der Waals surface area contributed by atoms with Gasteiger partial charge in [-0.05, 0) is 91.9 Å². The van der Waals surface area contributed by atoms with Gasteiger partial charge < -0.3 is 15.4 Å². The van der Waals surface area contributed by atoms with E-state index in [1.165, 1.54) is 16.7 Å². The fraction of sp³-hybridized carbons (Fsp3) is 0.267. The molecule has 3 heteroatoms. The summed E-state index contributed by atoms with van der Waals surface area (Å²) in [5.41, 5.74) is 8.44. The molecule has 0 atom stereocenters. The molecule has 1 saturated heterocycles. The van der Waals surface area contributed by atoms with Crippen LogP contribution in [0.15, 0.2) is 79.0 Å². The molecule has 1 fully saturated rings. The van der Waals surface area contributed by atoms with Crippen molar-refractivity contribution in [3.05, 3.63) is 101 Å². The third-order valence-corrected chi connectivity index (χ3v) is 6.25. The second-order valence-electron chi connectivity index (χ2n) is 8.94. The lowest BCUT2D eigenvalue weighted by Gasteiger charge is -2.38. The molecule has 0 saturated carbocycles. The summed E-state index contributed by atoms with van der Waals surface area (Å²) in [4.78, 5) is 0. The zero-order valence-corrected chi connectivity index (χ0v) is 19.6. The number of nitrogens with one attached hydrogen (secondary N) is 2. The van der Waals surface area contributed by atoms with Crippen LogP contribution in [-0.2, 0) is 10.3 Å². The predicted molar refractivity (Wildman–Crippen MR) is 138 cm³/mol. The van der Waals surface area contributed by atoms with Gasteiger partial charge in [-0.15, -0.1) is 6.42 Å². The largest absolute Gasteiger partial charge is 0.364 e. The number of hydrogen-bond acceptors (Lipinski definition) is 3. The average Bonchev–Trinajstić information content (AvgIpc) is 2.83. The minimum absolute atomic E-state index is 0.322. The van der Waals surface area contributed by atoms with Crippen molar-refractivity contribution in [1.29, 1.82) is 0 Å². The number of terminal acetylenes is 1. The van der Waals surface area contributed by atoms with Gasteiger partial charge in [0.1, 0.15) is 0 Å². The maximum atomic E-state index is 6.60. The molecule has 0 unspecified atom stereocenters. The van der Waals surface area contributed by atoms with Gasteiger partial charge in [0.2, 0.25) is 0 Å². The first-order chi connectivity index (χ1) is 16.0. The minimum atomic E-state index is -0.322. The van der Waals surface area contributed by atoms with Crippen molar-refractivity contribution < 1.29 is 4.74 Å². The van der Waals surface area contributed by atoms with Crippen LogP contribution < -0.4 is 10.6 Å². The number of hydrogen-bond donors (Lipinski definition) is 2. The summed E-state index contributed by atoms with van der Waals surface area (Å²) < 4.78 is 6.60. The Morgan fingerprint density at radius 2 is 1.70 bits per heavy atom. The molecular formula is C30H32N2O. The van der Waals surface area contributed by atoms with Crippen molar-refractivity contribution in [2.75, 3.05) is 25.0 Å². The van der Waals surface area contributed by atoms with Crippen LogP contribution in [0.2, 0.25) is 0 Å². The van der Waals surface area contributed by atoms with Crippen molar-refractivity contribution in [3.63, 3.8) is 0 Å². The Labute approximate surface area is 197 Å². The highest BCUT2D eigenvalue weighted by molar-refractivity contribution is 5.65. The molecule has 2 N–H and O–H groups in total. The van der Waals surface area contributed by atoms with Crippen LogP contribution in [0.5, 0.6) is 0 Å². The van der Waals surface area contributed by atoms with Gasteiger partial charge in [-0.2, -0.15) is 0 Å². The van der Waals surface area contributed by atoms with E-state index in [-0.39, 0.29) is 5.60 Å². The summed E-state index contributed by atoms with van der Waals surface area (Å²) in [5, 5.41) is 6.88. The van der Waals surface area contributed by atoms with Gasteiger partial charge in [-0.25, -0.2) is 0 Å². The molecule has 0 amide bonds. The second-order valence-corrected chi connectivity index (χ2v) is 8.94. The first-order valence-corrected chi connectivity index (χ1v) is 11.5. The maximum Gasteiger partial charge on any atom is 0.0960 e. The van der Waals surface area contributed by atoms with E-state index in [2.05, 4.69) is 91.6 Å². The van der Waals surface area contributed by atoms with Gasteiger partial charge in [0.05, 0.1) is 12.2 Å². The summed E-state index contributed by atoms with van der Waals surface area (Å²) in [6.45, 7) is 10.8. The number of piperidine rings is 1. The van der Waals surface area contributed by atoms with Crippen LogP contribution in [0.1, 0.15) is 35.1 Å². The Balaban J connectivity index is 1.50. The van der Waals surface area contributed by atoms with E-state index >= 15 is 0 Å². The van der Waals surface area contributed by atoms with Gasteiger partial charge in [0, 0.05) is 16.9 Å². The highest BCUT2D eigenvalue weighted by Gasteiger charge is 2.35. The fourth-order valence-corrected chi connectivity index (χ4v) is 4.61. The lowest BCUT2D eigenvalue weighted by Crippen LogP contribution is -2.42. The Bertz CT molecular complexity index is 1140. The van der Waals surface area contributed by atoms with Crippen molar-refractivity contribution in [3.8, 4) is 23.5 Å². The standard InChI is InChI=1S/C30H32N2O/c1-5-25-7-6-8-27(20-25)26-9-11-28(12-10-26)30(13-15-31-16-14-30)33-21-24(4)32-29-18-22(2)17-23(3)19-29/h1,6-12,17-20,31-32H,4,13-16,21H2,2-3H3. The van der Waals surface area contributed by atoms with Gasteiger partial charge in [0.15, 0.2) is 0 Å². The molecule has 1 aliphatic heterocycles. The maximum absolute atomic E-state index is 6.60. The molecular weight excluding hydrogens is 404 g/mol. The number of ether oxygens (including phenoxy) is 1. The molecule has 3 nitrogen and oxygen atoms in total. The molecule has 33 heavy (non-hydrogen) atoms. The van der Waals surface area contributed by atoms with Crippen LogP contribution >= 0.6 is 0 Å². The van der Waals surface area contributed by atoms with Crippen molar-refractivity contribution in [1.82, 2.24) is 5.32 Å². The van der Waals surface area contributed by atoms with E-state index in [9.17, 15) is 0 Å². The molecule has 0 bridgehead atoms. The zero-order chi connectivity index (χ0) is 23.3. The summed E-state index contributed by atoms with van der Waals surface area (Å²) in [7, 11) is 0. The molecule has 1 heterocycles. The summed E-state index contributed by atoms with van der Waals surface area (Å²) >= 11 is 0. The molecule has 0 spiro atoms. The van der Waals surface area contributed by atoms with E-state index in [1.54, 1.807) is 0 Å². The second kappa shape index (κ2) is 10.1. The molecule has 0 aromatic heterocycles. The highest BCUT2D eigenvalue weighted by atomic mass is 16.5. The third kappa shape index (κ3) is 5.54. The molecule has 0 radical (unpaired) electrons. The lowest BCUT2D eigenvalue weighted by molar-refractivity contribution is -0.0606. The van der Waals surface area contributed by atoms with Gasteiger partial charge >= 0.3 is 0 Å². The highest BCUT2D eigenvalue weighted by Crippen LogP contribution is 2.36. The van der Waals surface area contributed by atoms with Gasteiger partial charge in [-0.1, -0.05) is 55.0 Å². The first-order valence-electron chi connectivity index (χ1n) is 11.5. The smallest absolute Gasteiger partial charge is 0.0960 e. The van der Waals surface area contributed by atoms with Crippen LogP contribution in [-0.4, -0.2) is 19.7 Å². The summed E-state index contributed by atoms with van der Waals surface area (Å²) in [6, 6.07) is 23.3. The van der Waals surface area contributed by atoms with E-state index < -0.39 is 0 Å². The monoisotopic (exact) mass is 436 g/mol. The summed E-state index contributed by atoms with van der Waals surface area (Å²) in [5.74, 6) is 2.72. The molecule has 1 aliphatic rings. The summed E-state index contributed by atoms with van der Waals surface area (Å²) in [6.07, 6.45) is 7.42. The van der Waals surface area contributed by atoms with E-state index in [4.69, 9.17) is 11.2 Å². The molecule has 0 aliphatic carbocycles. The first kappa shape index (κ1) is 22.9. The van der Waals surface area contributed by atoms with E-state index in [1.807, 2.05) is 12.1 Å². The predicted octanol–water partition coefficient (Wildman–Crippen LogP) is 6.17. The topological polar surface area (TPSA) is 33.3 Å². The van der Waals surface area contributed by atoms with Crippen molar-refractivity contribution in [2.45, 2.75) is 32.3 Å². The Morgan fingerprint density at radius 3 is 2.36 bits per heavy atom. The quantitative estimate of drug-likeness (QED) is 0.434. The van der Waals surface area contributed by atoms with Crippen molar-refractivity contribution >= 4 is 5.69 Å². The number of anilines is 1. The van der Waals surface area contributed by atoms with Crippen molar-refractivity contribution in [2.24, 2.45) is 0 Å². The molecule has 168 valence electrons. The third-order valence-electron chi connectivity index (χ3n) is 6.25. The Kier molecular flexibility index (Phi) is 6.99. The molecule has 4 rings (SSSR count). The normalized spacial score (nSPS) is 14.9. The molecule has 3 aromatic carbocycles. The Morgan fingerprint density at radius 1 is 1.00 bits per heavy atom. The van der Waals surface area contributed by atoms with Gasteiger partial charge in [0.25, 0.3) is 0 Å². The average molecular weight is 437 g/mol. The van der Waals surface area contributed by atoms with Crippen LogP contribution in [0.25, 0.3) is 11.1 Å². The van der Waals surface area contributed by atoms with Crippen LogP contribution in [0, 0.1) is 26.2 Å². The number of aryl methyl sites for hydroxylation is 2. The van der Waals surface area contributed by atoms with Crippen LogP contribution in [0.4, 0.5) is 5.69 Å².